The van der Waals surface area contributed by atoms with Crippen LogP contribution in [0.2, 0.25) is 0 Å². The predicted molar refractivity (Wildman–Crippen MR) is 147 cm³/mol. The van der Waals surface area contributed by atoms with Gasteiger partial charge in [0.1, 0.15) is 0 Å². The molecule has 0 atom stereocenters. The van der Waals surface area contributed by atoms with Gasteiger partial charge in [0.05, 0.1) is 19.0 Å². The molecule has 1 saturated heterocycles. The predicted octanol–water partition coefficient (Wildman–Crippen LogP) is 5.20. The number of methoxy groups -OCH3 is 1. The number of nitrogens with zero attached hydrogens (tertiary/aromatic N) is 4. The number of amides is 1. The summed E-state index contributed by atoms with van der Waals surface area (Å²) in [5, 5.41) is 6.63. The van der Waals surface area contributed by atoms with Gasteiger partial charge in [0.2, 0.25) is 5.82 Å². The molecule has 2 N–H and O–H groups in total. The van der Waals surface area contributed by atoms with E-state index in [1.165, 1.54) is 25.4 Å². The average molecular weight is 535 g/mol. The van der Waals surface area contributed by atoms with Crippen molar-refractivity contribution in [3.63, 3.8) is 0 Å². The molecule has 1 fully saturated rings. The summed E-state index contributed by atoms with van der Waals surface area (Å²) in [5.74, 6) is -1.14. The molecule has 0 radical (unpaired) electrons. The Kier molecular flexibility index (Phi) is 7.74. The van der Waals surface area contributed by atoms with E-state index in [-0.39, 0.29) is 17.2 Å². The van der Waals surface area contributed by atoms with Crippen molar-refractivity contribution in [2.45, 2.75) is 26.2 Å². The van der Waals surface area contributed by atoms with Gasteiger partial charge >= 0.3 is 0 Å². The lowest BCUT2D eigenvalue weighted by Crippen LogP contribution is -2.32. The Bertz CT molecular complexity index is 1500. The minimum atomic E-state index is -1.06. The molecule has 1 amide bonds. The van der Waals surface area contributed by atoms with Gasteiger partial charge in [0.25, 0.3) is 5.91 Å². The van der Waals surface area contributed by atoms with Gasteiger partial charge in [-0.25, -0.2) is 14.4 Å². The molecule has 3 heterocycles. The largest absolute Gasteiger partial charge is 0.494 e. The van der Waals surface area contributed by atoms with E-state index in [0.29, 0.717) is 28.6 Å². The zero-order chi connectivity index (χ0) is 27.5. The molecule has 0 bridgehead atoms. The molecule has 1 aliphatic heterocycles. The van der Waals surface area contributed by atoms with Gasteiger partial charge in [-0.2, -0.15) is 4.39 Å². The van der Waals surface area contributed by atoms with Crippen LogP contribution in [0.1, 0.15) is 35.2 Å². The van der Waals surface area contributed by atoms with Crippen molar-refractivity contribution in [2.75, 3.05) is 39.1 Å². The summed E-state index contributed by atoms with van der Waals surface area (Å²) < 4.78 is 35.6. The van der Waals surface area contributed by atoms with Crippen LogP contribution in [-0.2, 0) is 0 Å². The summed E-state index contributed by atoms with van der Waals surface area (Å²) in [7, 11) is 3.14. The maximum Gasteiger partial charge on any atom is 0.253 e. The molecule has 8 nitrogen and oxygen atoms in total. The zero-order valence-corrected chi connectivity index (χ0v) is 22.3. The summed E-state index contributed by atoms with van der Waals surface area (Å²) in [6.07, 6.45) is 7.99. The molecule has 2 aromatic heterocycles. The quantitative estimate of drug-likeness (QED) is 0.324. The number of aromatic nitrogens is 3. The van der Waals surface area contributed by atoms with Crippen molar-refractivity contribution in [3.8, 4) is 17.0 Å². The Balaban J connectivity index is 1.33. The number of halogens is 2. The van der Waals surface area contributed by atoms with Crippen molar-refractivity contribution in [3.05, 3.63) is 71.7 Å². The lowest BCUT2D eigenvalue weighted by Gasteiger charge is -2.25. The number of aryl methyl sites for hydroxylation is 1. The number of ether oxygens (including phenoxy) is 1. The summed E-state index contributed by atoms with van der Waals surface area (Å²) in [5.41, 5.74) is 3.09. The maximum absolute atomic E-state index is 14.8. The number of carbonyl (C=O) groups is 1. The zero-order valence-electron chi connectivity index (χ0n) is 22.3. The molecule has 204 valence electrons. The summed E-state index contributed by atoms with van der Waals surface area (Å²) in [4.78, 5) is 23.7. The highest BCUT2D eigenvalue weighted by Crippen LogP contribution is 2.31. The molecule has 0 aliphatic carbocycles. The van der Waals surface area contributed by atoms with Crippen molar-refractivity contribution in [1.29, 1.82) is 0 Å². The van der Waals surface area contributed by atoms with Crippen molar-refractivity contribution in [1.82, 2.24) is 24.6 Å². The van der Waals surface area contributed by atoms with Gasteiger partial charge in [-0.3, -0.25) is 9.20 Å². The number of carbonyl (C=O) groups excluding carboxylic acids is 1. The van der Waals surface area contributed by atoms with E-state index in [0.717, 1.165) is 50.1 Å². The first-order valence-corrected chi connectivity index (χ1v) is 13.1. The summed E-state index contributed by atoms with van der Waals surface area (Å²) in [6.45, 7) is 4.74. The Hall–Kier alpha value is -4.05. The van der Waals surface area contributed by atoms with Crippen LogP contribution in [0, 0.1) is 24.5 Å². The fourth-order valence-electron chi connectivity index (χ4n) is 5.07. The van der Waals surface area contributed by atoms with Crippen LogP contribution in [0.25, 0.3) is 16.9 Å². The third kappa shape index (κ3) is 5.42. The van der Waals surface area contributed by atoms with E-state index in [9.17, 15) is 13.6 Å². The van der Waals surface area contributed by atoms with Crippen LogP contribution in [-0.4, -0.2) is 59.0 Å². The number of hydrogen-bond donors (Lipinski definition) is 2. The van der Waals surface area contributed by atoms with Gasteiger partial charge in [-0.1, -0.05) is 0 Å². The van der Waals surface area contributed by atoms with E-state index in [4.69, 9.17) is 4.74 Å². The van der Waals surface area contributed by atoms with E-state index in [2.05, 4.69) is 20.6 Å². The number of fused-ring (bicyclic) bond motifs is 1. The van der Waals surface area contributed by atoms with Crippen LogP contribution in [0.5, 0.6) is 5.75 Å². The van der Waals surface area contributed by atoms with E-state index in [1.54, 1.807) is 21.7 Å². The van der Waals surface area contributed by atoms with E-state index < -0.39 is 11.6 Å². The van der Waals surface area contributed by atoms with Gasteiger partial charge in [-0.05, 0) is 81.1 Å². The highest BCUT2D eigenvalue weighted by atomic mass is 19.2. The third-order valence-electron chi connectivity index (χ3n) is 7.37. The molecular formula is C29H32F2N6O2. The number of nitrogens with one attached hydrogen (secondary N) is 2. The first kappa shape index (κ1) is 26.6. The molecule has 5 rings (SSSR count). The number of rotatable bonds is 8. The second-order valence-electron chi connectivity index (χ2n) is 9.92. The molecule has 0 unspecified atom stereocenters. The number of benzene rings is 2. The molecule has 39 heavy (non-hydrogen) atoms. The van der Waals surface area contributed by atoms with Crippen molar-refractivity contribution < 1.29 is 18.3 Å². The Morgan fingerprint density at radius 2 is 1.97 bits per heavy atom. The van der Waals surface area contributed by atoms with Gasteiger partial charge in [0.15, 0.2) is 23.0 Å². The van der Waals surface area contributed by atoms with Gasteiger partial charge in [-0.15, -0.1) is 0 Å². The van der Waals surface area contributed by atoms with E-state index >= 15 is 0 Å². The second-order valence-corrected chi connectivity index (χ2v) is 9.92. The Morgan fingerprint density at radius 3 is 2.72 bits per heavy atom. The minimum absolute atomic E-state index is 0.000130. The minimum Gasteiger partial charge on any atom is -0.494 e. The first-order chi connectivity index (χ1) is 18.9. The third-order valence-corrected chi connectivity index (χ3v) is 7.37. The Morgan fingerprint density at radius 1 is 1.18 bits per heavy atom. The molecule has 0 spiro atoms. The van der Waals surface area contributed by atoms with Crippen LogP contribution >= 0.6 is 0 Å². The van der Waals surface area contributed by atoms with Crippen LogP contribution in [0.3, 0.4) is 0 Å². The second kappa shape index (κ2) is 11.4. The fraction of sp³-hybridized carbons (Fsp3) is 0.345. The first-order valence-electron chi connectivity index (χ1n) is 13.1. The topological polar surface area (TPSA) is 83.8 Å². The molecule has 1 aliphatic rings. The maximum atomic E-state index is 14.8. The standard InChI is InChI=1S/C29H32F2N6O2/c1-18-16-20(4-5-21(18)29(38)36(2)14-10-19-8-11-32-12-9-19)35-27-28-34-17-23(37(28)15-13-33-27)22-6-7-24(39-3)26(31)25(22)30/h4-7,13,15-17,19,32H,8-12,14H2,1-3H3,(H,33,35). The SMILES string of the molecule is COc1ccc(-c2cnc3c(Nc4ccc(C(=O)N(C)CCC5CCNCC5)c(C)c4)nccn23)c(F)c1F. The van der Waals surface area contributed by atoms with Crippen LogP contribution in [0.15, 0.2) is 48.9 Å². The van der Waals surface area contributed by atoms with Crippen LogP contribution < -0.4 is 15.4 Å². The van der Waals surface area contributed by atoms with Crippen molar-refractivity contribution in [2.24, 2.45) is 5.92 Å². The Labute approximate surface area is 226 Å². The monoisotopic (exact) mass is 534 g/mol. The number of piperidine rings is 1. The van der Waals surface area contributed by atoms with Gasteiger partial charge < -0.3 is 20.3 Å². The van der Waals surface area contributed by atoms with Crippen LogP contribution in [0.4, 0.5) is 20.3 Å². The molecule has 2 aromatic carbocycles. The molecular weight excluding hydrogens is 502 g/mol. The molecule has 0 saturated carbocycles. The number of imidazole rings is 1. The smallest absolute Gasteiger partial charge is 0.253 e. The molecule has 4 aromatic rings. The highest BCUT2D eigenvalue weighted by molar-refractivity contribution is 5.96. The summed E-state index contributed by atoms with van der Waals surface area (Å²) in [6, 6.07) is 8.37. The highest BCUT2D eigenvalue weighted by Gasteiger charge is 2.20. The number of anilines is 2. The lowest BCUT2D eigenvalue weighted by molar-refractivity contribution is 0.0784. The normalized spacial score (nSPS) is 14.0. The average Bonchev–Trinajstić information content (AvgIpc) is 3.38. The lowest BCUT2D eigenvalue weighted by atomic mass is 9.94. The fourth-order valence-corrected chi connectivity index (χ4v) is 5.07. The van der Waals surface area contributed by atoms with Gasteiger partial charge in [0, 0.05) is 42.8 Å². The van der Waals surface area contributed by atoms with E-state index in [1.807, 2.05) is 32.2 Å². The molecule has 10 heteroatoms. The van der Waals surface area contributed by atoms with Crippen molar-refractivity contribution >= 4 is 23.1 Å². The number of hydrogen-bond acceptors (Lipinski definition) is 6. The summed E-state index contributed by atoms with van der Waals surface area (Å²) >= 11 is 0.